The Bertz CT molecular complexity index is 627. The molecular formula is C24H36N4O2. The van der Waals surface area contributed by atoms with Crippen molar-refractivity contribution in [1.29, 1.82) is 0 Å². The Labute approximate surface area is 181 Å². The highest BCUT2D eigenvalue weighted by Gasteiger charge is 2.19. The molecular weight excluding hydrogens is 376 g/mol. The molecule has 6 heteroatoms. The van der Waals surface area contributed by atoms with E-state index in [4.69, 9.17) is 0 Å². The van der Waals surface area contributed by atoms with Gasteiger partial charge in [-0.15, -0.1) is 0 Å². The molecule has 4 heterocycles. The summed E-state index contributed by atoms with van der Waals surface area (Å²) in [5.41, 5.74) is 0. The third kappa shape index (κ3) is 7.67. The monoisotopic (exact) mass is 412 g/mol. The van der Waals surface area contributed by atoms with Gasteiger partial charge in [0.15, 0.2) is 0 Å². The van der Waals surface area contributed by atoms with Gasteiger partial charge in [0.1, 0.15) is 0 Å². The van der Waals surface area contributed by atoms with Crippen LogP contribution in [0.2, 0.25) is 0 Å². The van der Waals surface area contributed by atoms with Gasteiger partial charge in [-0.05, 0) is 64.7 Å². The van der Waals surface area contributed by atoms with Gasteiger partial charge in [-0.2, -0.15) is 0 Å². The van der Waals surface area contributed by atoms with Gasteiger partial charge in [-0.3, -0.25) is 19.4 Å². The van der Waals surface area contributed by atoms with Crippen LogP contribution in [-0.2, 0) is 9.59 Å². The largest absolute Gasteiger partial charge is 0.332 e. The van der Waals surface area contributed by atoms with Crippen LogP contribution in [0.25, 0.3) is 0 Å². The number of hydrogen-bond donors (Lipinski definition) is 0. The third-order valence-corrected chi connectivity index (χ3v) is 6.14. The van der Waals surface area contributed by atoms with Gasteiger partial charge in [0.25, 0.3) is 0 Å². The van der Waals surface area contributed by atoms with Gasteiger partial charge in [0.05, 0.1) is 26.2 Å². The summed E-state index contributed by atoms with van der Waals surface area (Å²) >= 11 is 0. The van der Waals surface area contributed by atoms with E-state index in [1.165, 1.54) is 51.9 Å². The van der Waals surface area contributed by atoms with Crippen LogP contribution in [0.5, 0.6) is 0 Å². The number of hydrogen-bond acceptors (Lipinski definition) is 4. The molecule has 4 aliphatic rings. The lowest BCUT2D eigenvalue weighted by molar-refractivity contribution is -0.127. The third-order valence-electron chi connectivity index (χ3n) is 6.14. The first kappa shape index (κ1) is 22.7. The number of rotatable bonds is 4. The van der Waals surface area contributed by atoms with Crippen molar-refractivity contribution < 1.29 is 9.59 Å². The molecule has 0 atom stereocenters. The molecule has 0 aromatic heterocycles. The fourth-order valence-corrected chi connectivity index (χ4v) is 4.26. The summed E-state index contributed by atoms with van der Waals surface area (Å²) in [6, 6.07) is 0. The Kier molecular flexibility index (Phi) is 9.54. The molecule has 0 aromatic rings. The van der Waals surface area contributed by atoms with Crippen LogP contribution in [-0.4, -0.2) is 96.9 Å². The second kappa shape index (κ2) is 12.6. The number of nitrogens with zero attached hydrogens (tertiary/aromatic N) is 4. The summed E-state index contributed by atoms with van der Waals surface area (Å²) in [6.45, 7) is 9.58. The van der Waals surface area contributed by atoms with E-state index in [0.29, 0.717) is 25.9 Å². The Morgan fingerprint density at radius 1 is 0.500 bits per heavy atom. The molecule has 30 heavy (non-hydrogen) atoms. The molecule has 4 saturated heterocycles. The predicted octanol–water partition coefficient (Wildman–Crippen LogP) is 1.42. The SMILES string of the molecule is O=C1CCCN1CC#CCN1CCCC1.O=C1CCCN1CC#CCN1CCCC1. The molecule has 4 aliphatic heterocycles. The first-order valence-electron chi connectivity index (χ1n) is 11.6. The van der Waals surface area contributed by atoms with E-state index >= 15 is 0 Å². The predicted molar refractivity (Wildman–Crippen MR) is 119 cm³/mol. The quantitative estimate of drug-likeness (QED) is 0.655. The molecule has 0 spiro atoms. The van der Waals surface area contributed by atoms with Crippen LogP contribution in [0.4, 0.5) is 0 Å². The van der Waals surface area contributed by atoms with Gasteiger partial charge in [-0.25, -0.2) is 0 Å². The van der Waals surface area contributed by atoms with Crippen LogP contribution >= 0.6 is 0 Å². The highest BCUT2D eigenvalue weighted by molar-refractivity contribution is 5.78. The number of carbonyl (C=O) groups excluding carboxylic acids is 2. The smallest absolute Gasteiger partial charge is 0.223 e. The average molecular weight is 413 g/mol. The maximum Gasteiger partial charge on any atom is 0.223 e. The molecule has 4 rings (SSSR count). The van der Waals surface area contributed by atoms with Crippen LogP contribution in [0.1, 0.15) is 51.4 Å². The molecule has 0 aliphatic carbocycles. The number of carbonyl (C=O) groups is 2. The lowest BCUT2D eigenvalue weighted by atomic mass is 10.4. The zero-order valence-electron chi connectivity index (χ0n) is 18.3. The summed E-state index contributed by atoms with van der Waals surface area (Å²) in [6.07, 6.45) is 8.69. The van der Waals surface area contributed by atoms with E-state index in [-0.39, 0.29) is 11.8 Å². The van der Waals surface area contributed by atoms with Gasteiger partial charge >= 0.3 is 0 Å². The van der Waals surface area contributed by atoms with E-state index in [2.05, 4.69) is 33.5 Å². The summed E-state index contributed by atoms with van der Waals surface area (Å²) in [4.78, 5) is 31.0. The van der Waals surface area contributed by atoms with E-state index in [1.54, 1.807) is 0 Å². The van der Waals surface area contributed by atoms with Crippen LogP contribution in [0, 0.1) is 23.7 Å². The summed E-state index contributed by atoms with van der Waals surface area (Å²) in [7, 11) is 0. The van der Waals surface area contributed by atoms with Gasteiger partial charge in [0, 0.05) is 25.9 Å². The summed E-state index contributed by atoms with van der Waals surface area (Å²) in [5, 5.41) is 0. The molecule has 6 nitrogen and oxygen atoms in total. The molecule has 0 saturated carbocycles. The molecule has 164 valence electrons. The standard InChI is InChI=1S/2C12H18N2O/c2*15-12-6-5-11-14(12)10-4-3-9-13-7-1-2-8-13/h2*1-2,5-11H2. The van der Waals surface area contributed by atoms with E-state index in [1.807, 2.05) is 9.80 Å². The highest BCUT2D eigenvalue weighted by Crippen LogP contribution is 2.09. The molecule has 2 amide bonds. The molecule has 0 bridgehead atoms. The zero-order valence-corrected chi connectivity index (χ0v) is 18.3. The Morgan fingerprint density at radius 2 is 0.867 bits per heavy atom. The molecule has 0 aromatic carbocycles. The Morgan fingerprint density at radius 3 is 1.20 bits per heavy atom. The first-order chi connectivity index (χ1) is 14.7. The lowest BCUT2D eigenvalue weighted by Gasteiger charge is -2.11. The molecule has 0 unspecified atom stereocenters. The molecule has 0 radical (unpaired) electrons. The van der Waals surface area contributed by atoms with Gasteiger partial charge < -0.3 is 9.80 Å². The first-order valence-corrected chi connectivity index (χ1v) is 11.6. The fourth-order valence-electron chi connectivity index (χ4n) is 4.26. The van der Waals surface area contributed by atoms with Crippen molar-refractivity contribution in [3.8, 4) is 23.7 Å². The summed E-state index contributed by atoms with van der Waals surface area (Å²) in [5.74, 6) is 13.0. The van der Waals surface area contributed by atoms with Crippen molar-refractivity contribution in [3.05, 3.63) is 0 Å². The van der Waals surface area contributed by atoms with Crippen molar-refractivity contribution >= 4 is 11.8 Å². The van der Waals surface area contributed by atoms with Gasteiger partial charge in [-0.1, -0.05) is 23.7 Å². The molecule has 4 fully saturated rings. The summed E-state index contributed by atoms with van der Waals surface area (Å²) < 4.78 is 0. The van der Waals surface area contributed by atoms with Crippen LogP contribution < -0.4 is 0 Å². The number of amides is 2. The van der Waals surface area contributed by atoms with Crippen molar-refractivity contribution in [1.82, 2.24) is 19.6 Å². The fraction of sp³-hybridized carbons (Fsp3) is 0.750. The Balaban J connectivity index is 0.000000171. The second-order valence-corrected chi connectivity index (χ2v) is 8.51. The number of likely N-dealkylation sites (tertiary alicyclic amines) is 4. The van der Waals surface area contributed by atoms with Gasteiger partial charge in [0.2, 0.25) is 11.8 Å². The van der Waals surface area contributed by atoms with Crippen LogP contribution in [0.15, 0.2) is 0 Å². The second-order valence-electron chi connectivity index (χ2n) is 8.51. The zero-order chi connectivity index (χ0) is 21.0. The van der Waals surface area contributed by atoms with E-state index in [0.717, 1.165) is 39.0 Å². The van der Waals surface area contributed by atoms with Crippen molar-refractivity contribution in [2.45, 2.75) is 51.4 Å². The average Bonchev–Trinajstić information content (AvgIpc) is 3.54. The molecule has 0 N–H and O–H groups in total. The van der Waals surface area contributed by atoms with Crippen molar-refractivity contribution in [2.24, 2.45) is 0 Å². The van der Waals surface area contributed by atoms with E-state index in [9.17, 15) is 9.59 Å². The Hall–Kier alpha value is -2.02. The minimum absolute atomic E-state index is 0.269. The van der Waals surface area contributed by atoms with Crippen LogP contribution in [0.3, 0.4) is 0 Å². The topological polar surface area (TPSA) is 47.1 Å². The normalized spacial score (nSPS) is 21.9. The maximum atomic E-state index is 11.3. The maximum absolute atomic E-state index is 11.3. The minimum Gasteiger partial charge on any atom is -0.332 e. The highest BCUT2D eigenvalue weighted by atomic mass is 16.2. The van der Waals surface area contributed by atoms with E-state index < -0.39 is 0 Å². The minimum atomic E-state index is 0.269. The van der Waals surface area contributed by atoms with Crippen molar-refractivity contribution in [2.75, 3.05) is 65.4 Å². The van der Waals surface area contributed by atoms with Crippen molar-refractivity contribution in [3.63, 3.8) is 0 Å². The lowest BCUT2D eigenvalue weighted by Crippen LogP contribution is -2.25.